The molecular weight excluding hydrogens is 424 g/mol. The van der Waals surface area contributed by atoms with Gasteiger partial charge < -0.3 is 28.4 Å². The van der Waals surface area contributed by atoms with E-state index in [0.29, 0.717) is 6.61 Å². The average molecular weight is 461 g/mol. The van der Waals surface area contributed by atoms with Gasteiger partial charge in [0.2, 0.25) is 0 Å². The summed E-state index contributed by atoms with van der Waals surface area (Å²) in [6.07, 6.45) is -4.17. The summed E-state index contributed by atoms with van der Waals surface area (Å²) in [5, 5.41) is 0. The summed E-state index contributed by atoms with van der Waals surface area (Å²) in [6, 6.07) is 0.846. The van der Waals surface area contributed by atoms with E-state index in [1.807, 2.05) is 0 Å². The van der Waals surface area contributed by atoms with Gasteiger partial charge in [0.15, 0.2) is 24.6 Å². The van der Waals surface area contributed by atoms with Gasteiger partial charge in [0.25, 0.3) is 0 Å². The SMILES string of the molecule is C=CCO[C@@H](C)[C@H]1O[C@@H](OCC[Si](C)(C)C)[C@H](OC(C)=O)[C@@H](OC(C)=O)[C@H]1OC(C)=O. The van der Waals surface area contributed by atoms with E-state index in [4.69, 9.17) is 28.4 Å². The lowest BCUT2D eigenvalue weighted by Crippen LogP contribution is -2.64. The Labute approximate surface area is 185 Å². The molecule has 0 saturated carbocycles. The van der Waals surface area contributed by atoms with E-state index >= 15 is 0 Å². The number of rotatable bonds is 11. The fourth-order valence-electron chi connectivity index (χ4n) is 3.11. The summed E-state index contributed by atoms with van der Waals surface area (Å²) in [5.41, 5.74) is 0. The number of hydrogen-bond acceptors (Lipinski definition) is 9. The van der Waals surface area contributed by atoms with E-state index < -0.39 is 62.8 Å². The maximum Gasteiger partial charge on any atom is 0.303 e. The lowest BCUT2D eigenvalue weighted by Gasteiger charge is -2.45. The monoisotopic (exact) mass is 460 g/mol. The molecule has 1 aliphatic heterocycles. The van der Waals surface area contributed by atoms with Crippen molar-refractivity contribution in [2.24, 2.45) is 0 Å². The smallest absolute Gasteiger partial charge is 0.303 e. The van der Waals surface area contributed by atoms with Gasteiger partial charge in [-0.3, -0.25) is 14.4 Å². The van der Waals surface area contributed by atoms with Crippen LogP contribution < -0.4 is 0 Å². The molecule has 1 saturated heterocycles. The van der Waals surface area contributed by atoms with Crippen LogP contribution in [-0.2, 0) is 42.8 Å². The van der Waals surface area contributed by atoms with Crippen molar-refractivity contribution in [3.8, 4) is 0 Å². The van der Waals surface area contributed by atoms with Gasteiger partial charge >= 0.3 is 17.9 Å². The summed E-state index contributed by atoms with van der Waals surface area (Å²) in [7, 11) is -1.41. The zero-order valence-corrected chi connectivity index (χ0v) is 20.5. The molecule has 0 unspecified atom stereocenters. The molecule has 1 fully saturated rings. The molecule has 0 aromatic rings. The first-order chi connectivity index (χ1) is 14.4. The van der Waals surface area contributed by atoms with Crippen molar-refractivity contribution in [3.63, 3.8) is 0 Å². The van der Waals surface area contributed by atoms with E-state index in [9.17, 15) is 14.4 Å². The number of carbonyl (C=O) groups is 3. The molecule has 1 aliphatic rings. The van der Waals surface area contributed by atoms with Crippen molar-refractivity contribution in [2.45, 2.75) is 90.2 Å². The highest BCUT2D eigenvalue weighted by atomic mass is 28.3. The minimum Gasteiger partial charge on any atom is -0.456 e. The lowest BCUT2D eigenvalue weighted by molar-refractivity contribution is -0.315. The Bertz CT molecular complexity index is 631. The first-order valence-electron chi connectivity index (χ1n) is 10.4. The van der Waals surface area contributed by atoms with Crippen molar-refractivity contribution < 1.29 is 42.8 Å². The van der Waals surface area contributed by atoms with Gasteiger partial charge in [0.05, 0.1) is 12.7 Å². The Kier molecular flexibility index (Phi) is 10.8. The zero-order valence-electron chi connectivity index (χ0n) is 19.5. The Morgan fingerprint density at radius 3 is 1.97 bits per heavy atom. The van der Waals surface area contributed by atoms with Crippen LogP contribution in [0.3, 0.4) is 0 Å². The Morgan fingerprint density at radius 1 is 0.968 bits per heavy atom. The molecule has 0 radical (unpaired) electrons. The largest absolute Gasteiger partial charge is 0.456 e. The Hall–Kier alpha value is -1.75. The molecule has 9 nitrogen and oxygen atoms in total. The van der Waals surface area contributed by atoms with Gasteiger partial charge in [-0.25, -0.2) is 0 Å². The van der Waals surface area contributed by atoms with Gasteiger partial charge in [0, 0.05) is 35.5 Å². The van der Waals surface area contributed by atoms with Crippen LogP contribution in [0, 0.1) is 0 Å². The number of ether oxygens (including phenoxy) is 6. The molecule has 6 atom stereocenters. The molecular formula is C21H36O9Si. The number of hydrogen-bond donors (Lipinski definition) is 0. The van der Waals surface area contributed by atoms with Gasteiger partial charge in [-0.2, -0.15) is 0 Å². The second kappa shape index (κ2) is 12.3. The molecule has 0 N–H and O–H groups in total. The van der Waals surface area contributed by atoms with Crippen LogP contribution in [0.4, 0.5) is 0 Å². The Balaban J connectivity index is 3.29. The van der Waals surface area contributed by atoms with Crippen molar-refractivity contribution in [2.75, 3.05) is 13.2 Å². The second-order valence-corrected chi connectivity index (χ2v) is 14.3. The fourth-order valence-corrected chi connectivity index (χ4v) is 3.84. The molecule has 31 heavy (non-hydrogen) atoms. The second-order valence-electron chi connectivity index (χ2n) is 8.70. The van der Waals surface area contributed by atoms with Crippen LogP contribution in [0.2, 0.25) is 25.7 Å². The normalized spacial score (nSPS) is 27.1. The molecule has 0 aromatic carbocycles. The molecule has 0 amide bonds. The van der Waals surface area contributed by atoms with Gasteiger partial charge in [-0.15, -0.1) is 6.58 Å². The van der Waals surface area contributed by atoms with Crippen LogP contribution in [0.5, 0.6) is 0 Å². The number of esters is 3. The predicted octanol–water partition coefficient (Wildman–Crippen LogP) is 2.45. The van der Waals surface area contributed by atoms with Crippen LogP contribution in [0.15, 0.2) is 12.7 Å². The quantitative estimate of drug-likeness (QED) is 0.199. The molecule has 0 spiro atoms. The maximum atomic E-state index is 11.9. The highest BCUT2D eigenvalue weighted by molar-refractivity contribution is 6.76. The summed E-state index contributed by atoms with van der Waals surface area (Å²) >= 11 is 0. The maximum absolute atomic E-state index is 11.9. The minimum atomic E-state index is -1.41. The van der Waals surface area contributed by atoms with Gasteiger partial charge in [-0.1, -0.05) is 25.7 Å². The third-order valence-corrected chi connectivity index (χ3v) is 6.21. The standard InChI is InChI=1S/C21H36O9Si/c1-9-10-25-13(2)17-18(27-14(3)22)19(28-15(4)23)20(29-16(5)24)21(30-17)26-11-12-31(6,7)8/h9,13,17-21H,1,10-12H2,2-8H3/t13-,17+,18-,19-,20+,21+/m0/s1. The molecule has 10 heteroatoms. The first-order valence-corrected chi connectivity index (χ1v) is 14.1. The van der Waals surface area contributed by atoms with E-state index in [1.165, 1.54) is 20.8 Å². The fraction of sp³-hybridized carbons (Fsp3) is 0.762. The summed E-state index contributed by atoms with van der Waals surface area (Å²) in [5.74, 6) is -1.84. The van der Waals surface area contributed by atoms with E-state index in [1.54, 1.807) is 13.0 Å². The van der Waals surface area contributed by atoms with Crippen LogP contribution in [0.1, 0.15) is 27.7 Å². The summed E-state index contributed by atoms with van der Waals surface area (Å²) < 4.78 is 34.1. The van der Waals surface area contributed by atoms with Crippen LogP contribution >= 0.6 is 0 Å². The van der Waals surface area contributed by atoms with E-state index in [-0.39, 0.29) is 6.61 Å². The first kappa shape index (κ1) is 27.3. The van der Waals surface area contributed by atoms with Crippen LogP contribution in [-0.4, -0.2) is 76.0 Å². The third-order valence-electron chi connectivity index (χ3n) is 4.51. The van der Waals surface area contributed by atoms with Crippen molar-refractivity contribution >= 4 is 26.0 Å². The highest BCUT2D eigenvalue weighted by Crippen LogP contribution is 2.32. The molecule has 0 bridgehead atoms. The molecule has 178 valence electrons. The molecule has 0 aliphatic carbocycles. The molecule has 1 heterocycles. The van der Waals surface area contributed by atoms with Crippen molar-refractivity contribution in [1.29, 1.82) is 0 Å². The van der Waals surface area contributed by atoms with Gasteiger partial charge in [-0.05, 0) is 13.0 Å². The molecule has 0 aromatic heterocycles. The Morgan fingerprint density at radius 2 is 1.48 bits per heavy atom. The highest BCUT2D eigenvalue weighted by Gasteiger charge is 2.54. The van der Waals surface area contributed by atoms with Gasteiger partial charge in [0.1, 0.15) is 6.10 Å². The summed E-state index contributed by atoms with van der Waals surface area (Å²) in [4.78, 5) is 35.5. The minimum absolute atomic E-state index is 0.237. The van der Waals surface area contributed by atoms with Crippen molar-refractivity contribution in [3.05, 3.63) is 12.7 Å². The zero-order chi connectivity index (χ0) is 23.8. The lowest BCUT2D eigenvalue weighted by atomic mass is 9.95. The summed E-state index contributed by atoms with van der Waals surface area (Å²) in [6.45, 7) is 16.3. The van der Waals surface area contributed by atoms with Crippen molar-refractivity contribution in [1.82, 2.24) is 0 Å². The van der Waals surface area contributed by atoms with E-state index in [0.717, 1.165) is 6.04 Å². The topological polar surface area (TPSA) is 107 Å². The predicted molar refractivity (Wildman–Crippen MR) is 115 cm³/mol. The third kappa shape index (κ3) is 9.50. The molecule has 1 rings (SSSR count). The van der Waals surface area contributed by atoms with E-state index in [2.05, 4.69) is 26.2 Å². The van der Waals surface area contributed by atoms with Crippen LogP contribution in [0.25, 0.3) is 0 Å². The number of carbonyl (C=O) groups excluding carboxylic acids is 3. The average Bonchev–Trinajstić information content (AvgIpc) is 2.61.